The molecule has 4 nitrogen and oxygen atoms in total. The molecule has 0 spiro atoms. The van der Waals surface area contributed by atoms with Gasteiger partial charge in [0.15, 0.2) is 0 Å². The Morgan fingerprint density at radius 3 is 2.60 bits per heavy atom. The first-order valence-corrected chi connectivity index (χ1v) is 5.22. The van der Waals surface area contributed by atoms with Crippen LogP contribution in [0.4, 0.5) is 0 Å². The molecular weight excluding hydrogens is 190 g/mol. The second-order valence-electron chi connectivity index (χ2n) is 3.77. The predicted molar refractivity (Wildman–Crippen MR) is 60.0 cm³/mol. The van der Waals surface area contributed by atoms with E-state index in [4.69, 9.17) is 10.5 Å². The lowest BCUT2D eigenvalue weighted by atomic mass is 9.92. The van der Waals surface area contributed by atoms with Crippen molar-refractivity contribution in [1.29, 1.82) is 0 Å². The van der Waals surface area contributed by atoms with E-state index in [9.17, 15) is 0 Å². The summed E-state index contributed by atoms with van der Waals surface area (Å²) in [4.78, 5) is 8.37. The van der Waals surface area contributed by atoms with Crippen LogP contribution in [-0.4, -0.2) is 23.1 Å². The van der Waals surface area contributed by atoms with Crippen LogP contribution in [0.25, 0.3) is 0 Å². The number of ether oxygens (including phenoxy) is 1. The summed E-state index contributed by atoms with van der Waals surface area (Å²) in [7, 11) is 1.62. The molecular formula is C11H19N3O. The van der Waals surface area contributed by atoms with Crippen molar-refractivity contribution in [2.45, 2.75) is 39.2 Å². The summed E-state index contributed by atoms with van der Waals surface area (Å²) in [6.07, 6.45) is 2.50. The van der Waals surface area contributed by atoms with Crippen LogP contribution in [-0.2, 0) is 0 Å². The molecule has 2 atom stereocenters. The first kappa shape index (κ1) is 11.9. The van der Waals surface area contributed by atoms with E-state index in [-0.39, 0.29) is 12.0 Å². The molecule has 4 heteroatoms. The standard InChI is InChI=1S/C11H19N3O/c1-5-9(8(3)12)10-7(2)11(15-4)14-6-13-10/h6,8-9H,5,12H2,1-4H3. The van der Waals surface area contributed by atoms with E-state index in [1.807, 2.05) is 13.8 Å². The summed E-state index contributed by atoms with van der Waals surface area (Å²) < 4.78 is 5.17. The van der Waals surface area contributed by atoms with Crippen LogP contribution in [0.1, 0.15) is 37.4 Å². The molecule has 2 unspecified atom stereocenters. The lowest BCUT2D eigenvalue weighted by Crippen LogP contribution is -2.26. The van der Waals surface area contributed by atoms with E-state index >= 15 is 0 Å². The Labute approximate surface area is 90.9 Å². The maximum absolute atomic E-state index is 5.94. The maximum Gasteiger partial charge on any atom is 0.219 e. The van der Waals surface area contributed by atoms with Crippen molar-refractivity contribution in [3.8, 4) is 5.88 Å². The highest BCUT2D eigenvalue weighted by molar-refractivity contribution is 5.31. The molecule has 0 aliphatic carbocycles. The Balaban J connectivity index is 3.12. The zero-order chi connectivity index (χ0) is 11.4. The number of aromatic nitrogens is 2. The Morgan fingerprint density at radius 1 is 1.47 bits per heavy atom. The molecule has 0 bridgehead atoms. The van der Waals surface area contributed by atoms with Crippen LogP contribution in [0.2, 0.25) is 0 Å². The molecule has 1 aromatic rings. The van der Waals surface area contributed by atoms with Crippen molar-refractivity contribution in [1.82, 2.24) is 9.97 Å². The number of hydrogen-bond acceptors (Lipinski definition) is 4. The van der Waals surface area contributed by atoms with Crippen LogP contribution in [0.5, 0.6) is 5.88 Å². The van der Waals surface area contributed by atoms with Crippen LogP contribution >= 0.6 is 0 Å². The van der Waals surface area contributed by atoms with Gasteiger partial charge < -0.3 is 10.5 Å². The van der Waals surface area contributed by atoms with Gasteiger partial charge in [0.25, 0.3) is 0 Å². The molecule has 0 aromatic carbocycles. The van der Waals surface area contributed by atoms with E-state index in [2.05, 4.69) is 16.9 Å². The van der Waals surface area contributed by atoms with Gasteiger partial charge >= 0.3 is 0 Å². The van der Waals surface area contributed by atoms with E-state index in [1.165, 1.54) is 6.33 Å². The highest BCUT2D eigenvalue weighted by Gasteiger charge is 2.19. The van der Waals surface area contributed by atoms with Gasteiger partial charge in [-0.25, -0.2) is 9.97 Å². The number of methoxy groups -OCH3 is 1. The van der Waals surface area contributed by atoms with Crippen LogP contribution in [0, 0.1) is 6.92 Å². The van der Waals surface area contributed by atoms with Crippen LogP contribution in [0.3, 0.4) is 0 Å². The van der Waals surface area contributed by atoms with Crippen LogP contribution < -0.4 is 10.5 Å². The van der Waals surface area contributed by atoms with E-state index < -0.39 is 0 Å². The number of rotatable bonds is 4. The number of nitrogens with two attached hydrogens (primary N) is 1. The summed E-state index contributed by atoms with van der Waals surface area (Å²) in [6.45, 7) is 6.09. The first-order valence-electron chi connectivity index (χ1n) is 5.22. The molecule has 84 valence electrons. The van der Waals surface area contributed by atoms with Crippen molar-refractivity contribution >= 4 is 0 Å². The average Bonchev–Trinajstić information content (AvgIpc) is 2.21. The third-order valence-corrected chi connectivity index (χ3v) is 2.70. The topological polar surface area (TPSA) is 61.0 Å². The second kappa shape index (κ2) is 5.07. The lowest BCUT2D eigenvalue weighted by molar-refractivity contribution is 0.390. The lowest BCUT2D eigenvalue weighted by Gasteiger charge is -2.20. The molecule has 15 heavy (non-hydrogen) atoms. The van der Waals surface area contributed by atoms with Gasteiger partial charge in [0.05, 0.1) is 12.8 Å². The van der Waals surface area contributed by atoms with Crippen molar-refractivity contribution in [2.24, 2.45) is 5.73 Å². The van der Waals surface area contributed by atoms with E-state index in [0.717, 1.165) is 17.7 Å². The quantitative estimate of drug-likeness (QED) is 0.818. The van der Waals surface area contributed by atoms with Gasteiger partial charge in [-0.05, 0) is 20.3 Å². The van der Waals surface area contributed by atoms with Crippen LogP contribution in [0.15, 0.2) is 6.33 Å². The van der Waals surface area contributed by atoms with Crippen molar-refractivity contribution in [3.05, 3.63) is 17.6 Å². The molecule has 0 saturated carbocycles. The second-order valence-corrected chi connectivity index (χ2v) is 3.77. The summed E-state index contributed by atoms with van der Waals surface area (Å²) in [6, 6.07) is 0.0910. The fourth-order valence-corrected chi connectivity index (χ4v) is 1.84. The molecule has 2 N–H and O–H groups in total. The Kier molecular flexibility index (Phi) is 4.03. The smallest absolute Gasteiger partial charge is 0.219 e. The van der Waals surface area contributed by atoms with Gasteiger partial charge in [0.2, 0.25) is 5.88 Å². The minimum absolute atomic E-state index is 0.0910. The minimum atomic E-state index is 0.0910. The molecule has 1 aromatic heterocycles. The predicted octanol–water partition coefficient (Wildman–Crippen LogP) is 1.63. The minimum Gasteiger partial charge on any atom is -0.481 e. The molecule has 0 fully saturated rings. The molecule has 1 rings (SSSR count). The number of nitrogens with zero attached hydrogens (tertiary/aromatic N) is 2. The van der Waals surface area contributed by atoms with E-state index in [0.29, 0.717) is 5.88 Å². The van der Waals surface area contributed by atoms with Gasteiger partial charge in [-0.15, -0.1) is 0 Å². The highest BCUT2D eigenvalue weighted by Crippen LogP contribution is 2.26. The maximum atomic E-state index is 5.94. The fourth-order valence-electron chi connectivity index (χ4n) is 1.84. The zero-order valence-corrected chi connectivity index (χ0v) is 9.82. The van der Waals surface area contributed by atoms with E-state index in [1.54, 1.807) is 7.11 Å². The number of hydrogen-bond donors (Lipinski definition) is 1. The normalized spacial score (nSPS) is 14.7. The SMILES string of the molecule is CCC(c1ncnc(OC)c1C)C(C)N. The van der Waals surface area contributed by atoms with Crippen molar-refractivity contribution in [3.63, 3.8) is 0 Å². The molecule has 0 aliphatic rings. The monoisotopic (exact) mass is 209 g/mol. The third kappa shape index (κ3) is 2.45. The Morgan fingerprint density at radius 2 is 2.13 bits per heavy atom. The highest BCUT2D eigenvalue weighted by atomic mass is 16.5. The Bertz CT molecular complexity index is 326. The summed E-state index contributed by atoms with van der Waals surface area (Å²) in [5.41, 5.74) is 7.93. The summed E-state index contributed by atoms with van der Waals surface area (Å²) in [5.74, 6) is 0.904. The summed E-state index contributed by atoms with van der Waals surface area (Å²) in [5, 5.41) is 0. The van der Waals surface area contributed by atoms with Gasteiger partial charge in [-0.3, -0.25) is 0 Å². The first-order chi connectivity index (χ1) is 7.11. The molecule has 0 amide bonds. The Hall–Kier alpha value is -1.16. The average molecular weight is 209 g/mol. The summed E-state index contributed by atoms with van der Waals surface area (Å²) >= 11 is 0. The molecule has 0 saturated heterocycles. The van der Waals surface area contributed by atoms with Gasteiger partial charge in [-0.2, -0.15) is 0 Å². The zero-order valence-electron chi connectivity index (χ0n) is 9.82. The molecule has 0 aliphatic heterocycles. The fraction of sp³-hybridized carbons (Fsp3) is 0.636. The van der Waals surface area contributed by atoms with Crippen molar-refractivity contribution < 1.29 is 4.74 Å². The van der Waals surface area contributed by atoms with Gasteiger partial charge in [0.1, 0.15) is 6.33 Å². The van der Waals surface area contributed by atoms with Gasteiger partial charge in [-0.1, -0.05) is 6.92 Å². The van der Waals surface area contributed by atoms with Crippen molar-refractivity contribution in [2.75, 3.05) is 7.11 Å². The van der Waals surface area contributed by atoms with Gasteiger partial charge in [0, 0.05) is 17.5 Å². The molecule has 1 heterocycles. The molecule has 0 radical (unpaired) electrons. The largest absolute Gasteiger partial charge is 0.481 e. The third-order valence-electron chi connectivity index (χ3n) is 2.70.